The first-order valence-electron chi connectivity index (χ1n) is 5.26. The highest BCUT2D eigenvalue weighted by molar-refractivity contribution is 7.86. The van der Waals surface area contributed by atoms with E-state index in [0.29, 0.717) is 0 Å². The van der Waals surface area contributed by atoms with Crippen molar-refractivity contribution in [3.63, 3.8) is 0 Å². The molecule has 0 saturated heterocycles. The lowest BCUT2D eigenvalue weighted by Crippen LogP contribution is -2.24. The fraction of sp³-hybridized carbons (Fsp3) is 0.333. The molecule has 94 valence electrons. The van der Waals surface area contributed by atoms with Crippen LogP contribution in [0.25, 0.3) is 0 Å². The van der Waals surface area contributed by atoms with Gasteiger partial charge in [0.1, 0.15) is 0 Å². The van der Waals surface area contributed by atoms with Crippen molar-refractivity contribution in [1.82, 2.24) is 0 Å². The van der Waals surface area contributed by atoms with Crippen molar-refractivity contribution >= 4 is 10.1 Å². The van der Waals surface area contributed by atoms with Crippen LogP contribution in [0.2, 0.25) is 0 Å². The van der Waals surface area contributed by atoms with E-state index in [-0.39, 0.29) is 19.4 Å². The second kappa shape index (κ2) is 6.42. The minimum atomic E-state index is -4.06. The Labute approximate surface area is 102 Å². The molecule has 0 saturated carbocycles. The fourth-order valence-corrected chi connectivity index (χ4v) is 2.31. The topological polar surface area (TPSA) is 63.6 Å². The number of rotatable bonds is 7. The van der Waals surface area contributed by atoms with Crippen LogP contribution in [0, 0.1) is 0 Å². The first-order valence-corrected chi connectivity index (χ1v) is 6.77. The van der Waals surface area contributed by atoms with Crippen LogP contribution in [0.1, 0.15) is 12.0 Å². The van der Waals surface area contributed by atoms with Gasteiger partial charge in [-0.25, -0.2) is 0 Å². The molecule has 1 N–H and O–H groups in total. The molecule has 0 fully saturated rings. The molecule has 1 aromatic rings. The van der Waals surface area contributed by atoms with Crippen LogP contribution in [-0.2, 0) is 21.3 Å². The average Bonchev–Trinajstić information content (AvgIpc) is 2.28. The van der Waals surface area contributed by atoms with Gasteiger partial charge < -0.3 is 4.74 Å². The molecule has 0 aromatic heterocycles. The third-order valence-electron chi connectivity index (χ3n) is 2.40. The van der Waals surface area contributed by atoms with Gasteiger partial charge in [0.15, 0.2) is 0 Å². The standard InChI is InChI=1S/C12H16O4S/c1-2-16-9-8-12(17(13,14)15)10-11-6-4-3-5-7-11/h2-7,12H,1,8-10H2,(H,13,14,15). The van der Waals surface area contributed by atoms with Crippen molar-refractivity contribution in [2.45, 2.75) is 18.1 Å². The van der Waals surface area contributed by atoms with E-state index >= 15 is 0 Å². The molecule has 0 amide bonds. The van der Waals surface area contributed by atoms with Gasteiger partial charge in [-0.1, -0.05) is 36.9 Å². The monoisotopic (exact) mass is 256 g/mol. The first kappa shape index (κ1) is 13.7. The summed E-state index contributed by atoms with van der Waals surface area (Å²) in [5.41, 5.74) is 0.869. The van der Waals surface area contributed by atoms with Gasteiger partial charge in [-0.3, -0.25) is 4.55 Å². The van der Waals surface area contributed by atoms with Crippen molar-refractivity contribution in [3.05, 3.63) is 48.7 Å². The van der Waals surface area contributed by atoms with Crippen LogP contribution in [0.15, 0.2) is 43.2 Å². The van der Waals surface area contributed by atoms with E-state index in [4.69, 9.17) is 9.29 Å². The maximum absolute atomic E-state index is 11.2. The van der Waals surface area contributed by atoms with Crippen molar-refractivity contribution in [3.8, 4) is 0 Å². The van der Waals surface area contributed by atoms with Gasteiger partial charge in [-0.2, -0.15) is 8.42 Å². The van der Waals surface area contributed by atoms with Crippen molar-refractivity contribution in [2.75, 3.05) is 6.61 Å². The lowest BCUT2D eigenvalue weighted by atomic mass is 10.1. The van der Waals surface area contributed by atoms with Gasteiger partial charge in [-0.05, 0) is 12.0 Å². The maximum atomic E-state index is 11.2. The average molecular weight is 256 g/mol. The summed E-state index contributed by atoms with van der Waals surface area (Å²) in [5, 5.41) is -0.843. The van der Waals surface area contributed by atoms with E-state index in [1.54, 1.807) is 0 Å². The molecule has 5 heteroatoms. The lowest BCUT2D eigenvalue weighted by Gasteiger charge is -2.13. The minimum absolute atomic E-state index is 0.223. The SMILES string of the molecule is C=COCCC(Cc1ccccc1)S(=O)(=O)O. The van der Waals surface area contributed by atoms with Gasteiger partial charge in [-0.15, -0.1) is 0 Å². The summed E-state index contributed by atoms with van der Waals surface area (Å²) in [7, 11) is -4.06. The molecular weight excluding hydrogens is 240 g/mol. The van der Waals surface area contributed by atoms with Crippen molar-refractivity contribution in [1.29, 1.82) is 0 Å². The summed E-state index contributed by atoms with van der Waals surface area (Å²) in [6.07, 6.45) is 1.77. The Kier molecular flexibility index (Phi) is 5.18. The Balaban J connectivity index is 2.68. The number of hydrogen-bond acceptors (Lipinski definition) is 3. The van der Waals surface area contributed by atoms with Crippen LogP contribution in [-0.4, -0.2) is 24.8 Å². The molecule has 0 bridgehead atoms. The van der Waals surface area contributed by atoms with Gasteiger partial charge in [0.2, 0.25) is 0 Å². The van der Waals surface area contributed by atoms with E-state index in [0.717, 1.165) is 5.56 Å². The molecule has 0 radical (unpaired) electrons. The van der Waals surface area contributed by atoms with Gasteiger partial charge in [0, 0.05) is 6.42 Å². The lowest BCUT2D eigenvalue weighted by molar-refractivity contribution is 0.242. The predicted molar refractivity (Wildman–Crippen MR) is 66.2 cm³/mol. The molecule has 1 aromatic carbocycles. The second-order valence-electron chi connectivity index (χ2n) is 3.65. The van der Waals surface area contributed by atoms with E-state index < -0.39 is 15.4 Å². The molecule has 1 atom stereocenters. The fourth-order valence-electron chi connectivity index (χ4n) is 1.52. The Morgan fingerprint density at radius 1 is 1.35 bits per heavy atom. The van der Waals surface area contributed by atoms with Crippen LogP contribution in [0.4, 0.5) is 0 Å². The molecule has 0 aliphatic carbocycles. The summed E-state index contributed by atoms with van der Waals surface area (Å²) in [5.74, 6) is 0. The zero-order chi connectivity index (χ0) is 12.7. The number of benzene rings is 1. The minimum Gasteiger partial charge on any atom is -0.502 e. The van der Waals surface area contributed by atoms with E-state index in [2.05, 4.69) is 6.58 Å². The molecule has 1 rings (SSSR count). The van der Waals surface area contributed by atoms with Gasteiger partial charge in [0.25, 0.3) is 10.1 Å². The molecule has 0 aliphatic heterocycles. The Morgan fingerprint density at radius 2 is 2.00 bits per heavy atom. The van der Waals surface area contributed by atoms with E-state index in [9.17, 15) is 8.42 Å². The van der Waals surface area contributed by atoms with Crippen LogP contribution < -0.4 is 0 Å². The summed E-state index contributed by atoms with van der Waals surface area (Å²) in [4.78, 5) is 0. The third-order valence-corrected chi connectivity index (χ3v) is 3.65. The highest BCUT2D eigenvalue weighted by Crippen LogP contribution is 2.12. The third kappa shape index (κ3) is 5.01. The smallest absolute Gasteiger partial charge is 0.268 e. The van der Waals surface area contributed by atoms with E-state index in [1.165, 1.54) is 6.26 Å². The number of hydrogen-bond donors (Lipinski definition) is 1. The summed E-state index contributed by atoms with van der Waals surface area (Å²) < 4.78 is 36.4. The molecule has 0 spiro atoms. The molecule has 1 unspecified atom stereocenters. The largest absolute Gasteiger partial charge is 0.502 e. The molecule has 17 heavy (non-hydrogen) atoms. The predicted octanol–water partition coefficient (Wildman–Crippen LogP) is 2.04. The zero-order valence-corrected chi connectivity index (χ0v) is 10.3. The normalized spacial score (nSPS) is 13.0. The van der Waals surface area contributed by atoms with Crippen molar-refractivity contribution < 1.29 is 17.7 Å². The molecule has 4 nitrogen and oxygen atoms in total. The van der Waals surface area contributed by atoms with Gasteiger partial charge >= 0.3 is 0 Å². The van der Waals surface area contributed by atoms with Crippen LogP contribution in [0.3, 0.4) is 0 Å². The number of ether oxygens (including phenoxy) is 1. The van der Waals surface area contributed by atoms with Crippen LogP contribution in [0.5, 0.6) is 0 Å². The Hall–Kier alpha value is -1.33. The van der Waals surface area contributed by atoms with Crippen molar-refractivity contribution in [2.24, 2.45) is 0 Å². The molecular formula is C12H16O4S. The zero-order valence-electron chi connectivity index (χ0n) is 9.45. The molecule has 0 heterocycles. The van der Waals surface area contributed by atoms with Gasteiger partial charge in [0.05, 0.1) is 18.1 Å². The first-order chi connectivity index (χ1) is 8.04. The van der Waals surface area contributed by atoms with Crippen LogP contribution >= 0.6 is 0 Å². The molecule has 0 aliphatic rings. The summed E-state index contributed by atoms with van der Waals surface area (Å²) in [6.45, 7) is 3.59. The van der Waals surface area contributed by atoms with E-state index in [1.807, 2.05) is 30.3 Å². The summed E-state index contributed by atoms with van der Waals surface area (Å²) in [6, 6.07) is 9.17. The maximum Gasteiger partial charge on any atom is 0.268 e. The Morgan fingerprint density at radius 3 is 2.53 bits per heavy atom. The second-order valence-corrected chi connectivity index (χ2v) is 5.35. The Bertz CT molecular complexity index is 439. The highest BCUT2D eigenvalue weighted by atomic mass is 32.2. The highest BCUT2D eigenvalue weighted by Gasteiger charge is 2.23. The summed E-state index contributed by atoms with van der Waals surface area (Å²) >= 11 is 0. The quantitative estimate of drug-likeness (QED) is 0.460.